The maximum Gasteiger partial charge on any atom is 0.217 e. The van der Waals surface area contributed by atoms with Gasteiger partial charge in [0, 0.05) is 24.8 Å². The molecule has 2 aromatic rings. The van der Waals surface area contributed by atoms with E-state index in [1.165, 1.54) is 0 Å². The number of H-pyrrole nitrogens is 1. The van der Waals surface area contributed by atoms with Crippen molar-refractivity contribution in [3.05, 3.63) is 24.4 Å². The zero-order valence-corrected chi connectivity index (χ0v) is 8.15. The summed E-state index contributed by atoms with van der Waals surface area (Å²) in [4.78, 5) is 7.28. The lowest BCUT2D eigenvalue weighted by Gasteiger charge is -2.11. The fourth-order valence-corrected chi connectivity index (χ4v) is 1.20. The van der Waals surface area contributed by atoms with Gasteiger partial charge >= 0.3 is 0 Å². The molecular weight excluding hydrogens is 180 g/mol. The quantitative estimate of drug-likeness (QED) is 0.756. The first-order chi connectivity index (χ1) is 6.79. The van der Waals surface area contributed by atoms with Crippen molar-refractivity contribution in [1.29, 1.82) is 0 Å². The van der Waals surface area contributed by atoms with Crippen LogP contribution in [0.4, 0.5) is 0 Å². The van der Waals surface area contributed by atoms with E-state index < -0.39 is 0 Å². The van der Waals surface area contributed by atoms with Crippen LogP contribution in [0.5, 0.6) is 5.88 Å². The number of aromatic amines is 1. The van der Waals surface area contributed by atoms with Crippen LogP contribution in [0.2, 0.25) is 0 Å². The predicted molar refractivity (Wildman–Crippen MR) is 53.2 cm³/mol. The highest BCUT2D eigenvalue weighted by atomic mass is 16.7. The fraction of sp³-hybridized carbons (Fsp3) is 0.300. The summed E-state index contributed by atoms with van der Waals surface area (Å²) in [6.45, 7) is 1.82. The second-order valence-corrected chi connectivity index (χ2v) is 2.99. The molecule has 2 rings (SSSR count). The van der Waals surface area contributed by atoms with Gasteiger partial charge in [0.15, 0.2) is 6.29 Å². The highest BCUT2D eigenvalue weighted by molar-refractivity contribution is 5.75. The van der Waals surface area contributed by atoms with Gasteiger partial charge in [0.05, 0.1) is 0 Å². The van der Waals surface area contributed by atoms with E-state index in [1.54, 1.807) is 7.11 Å². The monoisotopic (exact) mass is 192 g/mol. The SMILES string of the molecule is COC(C)Oc1ccc2cc[nH]c2n1. The first-order valence-corrected chi connectivity index (χ1v) is 4.43. The largest absolute Gasteiger partial charge is 0.448 e. The normalized spacial score (nSPS) is 13.0. The zero-order chi connectivity index (χ0) is 9.97. The number of ether oxygens (including phenoxy) is 2. The highest BCUT2D eigenvalue weighted by Gasteiger charge is 2.03. The van der Waals surface area contributed by atoms with E-state index >= 15 is 0 Å². The molecule has 0 aliphatic rings. The van der Waals surface area contributed by atoms with Gasteiger partial charge in [0.25, 0.3) is 0 Å². The van der Waals surface area contributed by atoms with Gasteiger partial charge in [-0.1, -0.05) is 0 Å². The highest BCUT2D eigenvalue weighted by Crippen LogP contribution is 2.15. The second-order valence-electron chi connectivity index (χ2n) is 2.99. The van der Waals surface area contributed by atoms with Crippen molar-refractivity contribution >= 4 is 11.0 Å². The molecule has 0 spiro atoms. The standard InChI is InChI=1S/C10H12N2O2/c1-7(13-2)14-9-4-3-8-5-6-11-10(8)12-9/h3-7H,1-2H3,(H,11,12). The molecule has 0 aliphatic carbocycles. The van der Waals surface area contributed by atoms with Crippen LogP contribution in [0, 0.1) is 0 Å². The minimum absolute atomic E-state index is 0.282. The van der Waals surface area contributed by atoms with Gasteiger partial charge in [-0.15, -0.1) is 0 Å². The Balaban J connectivity index is 2.25. The molecule has 0 fully saturated rings. The van der Waals surface area contributed by atoms with Crippen LogP contribution in [0.25, 0.3) is 11.0 Å². The Hall–Kier alpha value is -1.55. The summed E-state index contributed by atoms with van der Waals surface area (Å²) in [7, 11) is 1.60. The predicted octanol–water partition coefficient (Wildman–Crippen LogP) is 1.93. The molecule has 14 heavy (non-hydrogen) atoms. The Bertz CT molecular complexity index is 425. The smallest absolute Gasteiger partial charge is 0.217 e. The van der Waals surface area contributed by atoms with Crippen LogP contribution in [-0.4, -0.2) is 23.4 Å². The van der Waals surface area contributed by atoms with E-state index in [-0.39, 0.29) is 6.29 Å². The van der Waals surface area contributed by atoms with E-state index in [4.69, 9.17) is 9.47 Å². The van der Waals surface area contributed by atoms with Crippen molar-refractivity contribution in [2.75, 3.05) is 7.11 Å². The van der Waals surface area contributed by atoms with E-state index in [9.17, 15) is 0 Å². The zero-order valence-electron chi connectivity index (χ0n) is 8.15. The third-order valence-electron chi connectivity index (χ3n) is 2.00. The molecule has 0 saturated heterocycles. The minimum atomic E-state index is -0.282. The molecule has 0 radical (unpaired) electrons. The van der Waals surface area contributed by atoms with Crippen molar-refractivity contribution in [1.82, 2.24) is 9.97 Å². The maximum atomic E-state index is 5.39. The van der Waals surface area contributed by atoms with Gasteiger partial charge in [0.2, 0.25) is 5.88 Å². The maximum absolute atomic E-state index is 5.39. The van der Waals surface area contributed by atoms with Gasteiger partial charge in [-0.05, 0) is 19.1 Å². The van der Waals surface area contributed by atoms with Gasteiger partial charge < -0.3 is 14.5 Å². The fourth-order valence-electron chi connectivity index (χ4n) is 1.20. The molecule has 0 amide bonds. The molecule has 4 nitrogen and oxygen atoms in total. The van der Waals surface area contributed by atoms with Crippen molar-refractivity contribution in [3.63, 3.8) is 0 Å². The van der Waals surface area contributed by atoms with Crippen molar-refractivity contribution in [2.45, 2.75) is 13.2 Å². The van der Waals surface area contributed by atoms with Crippen LogP contribution in [0.1, 0.15) is 6.92 Å². The number of nitrogens with zero attached hydrogens (tertiary/aromatic N) is 1. The van der Waals surface area contributed by atoms with Crippen LogP contribution in [0.3, 0.4) is 0 Å². The van der Waals surface area contributed by atoms with Crippen molar-refractivity contribution in [2.24, 2.45) is 0 Å². The summed E-state index contributed by atoms with van der Waals surface area (Å²) in [6, 6.07) is 5.74. The summed E-state index contributed by atoms with van der Waals surface area (Å²) in [5.41, 5.74) is 0.825. The van der Waals surface area contributed by atoms with Crippen LogP contribution in [-0.2, 0) is 4.74 Å². The molecule has 74 valence electrons. The number of nitrogens with one attached hydrogen (secondary N) is 1. The summed E-state index contributed by atoms with van der Waals surface area (Å²) < 4.78 is 10.4. The molecule has 1 N–H and O–H groups in total. The van der Waals surface area contributed by atoms with Crippen LogP contribution >= 0.6 is 0 Å². The average Bonchev–Trinajstić information content (AvgIpc) is 2.64. The number of rotatable bonds is 3. The molecule has 1 unspecified atom stereocenters. The van der Waals surface area contributed by atoms with Gasteiger partial charge in [-0.3, -0.25) is 0 Å². The van der Waals surface area contributed by atoms with Gasteiger partial charge in [-0.25, -0.2) is 0 Å². The number of methoxy groups -OCH3 is 1. The van der Waals surface area contributed by atoms with Crippen molar-refractivity contribution in [3.8, 4) is 5.88 Å². The van der Waals surface area contributed by atoms with Gasteiger partial charge in [0.1, 0.15) is 5.65 Å². The summed E-state index contributed by atoms with van der Waals surface area (Å²) in [5.74, 6) is 0.564. The molecule has 2 heterocycles. The first-order valence-electron chi connectivity index (χ1n) is 4.43. The summed E-state index contributed by atoms with van der Waals surface area (Å²) >= 11 is 0. The lowest BCUT2D eigenvalue weighted by molar-refractivity contribution is -0.0408. The molecule has 0 bridgehead atoms. The Morgan fingerprint density at radius 2 is 2.21 bits per heavy atom. The number of hydrogen-bond donors (Lipinski definition) is 1. The minimum Gasteiger partial charge on any atom is -0.448 e. The summed E-state index contributed by atoms with van der Waals surface area (Å²) in [6.07, 6.45) is 1.57. The van der Waals surface area contributed by atoms with Crippen LogP contribution < -0.4 is 4.74 Å². The average molecular weight is 192 g/mol. The van der Waals surface area contributed by atoms with E-state index in [1.807, 2.05) is 31.3 Å². The molecule has 0 aromatic carbocycles. The number of hydrogen-bond acceptors (Lipinski definition) is 3. The second kappa shape index (κ2) is 3.67. The number of pyridine rings is 1. The van der Waals surface area contributed by atoms with E-state index in [2.05, 4.69) is 9.97 Å². The molecule has 0 saturated carbocycles. The Morgan fingerprint density at radius 3 is 3.00 bits per heavy atom. The topological polar surface area (TPSA) is 47.1 Å². The van der Waals surface area contributed by atoms with Gasteiger partial charge in [-0.2, -0.15) is 4.98 Å². The van der Waals surface area contributed by atoms with Crippen LogP contribution in [0.15, 0.2) is 24.4 Å². The Kier molecular flexibility index (Phi) is 2.37. The lowest BCUT2D eigenvalue weighted by atomic mass is 10.3. The van der Waals surface area contributed by atoms with E-state index in [0.717, 1.165) is 11.0 Å². The molecule has 1 atom stereocenters. The summed E-state index contributed by atoms with van der Waals surface area (Å²) in [5, 5.41) is 1.07. The number of fused-ring (bicyclic) bond motifs is 1. The Labute approximate surface area is 81.9 Å². The Morgan fingerprint density at radius 1 is 1.36 bits per heavy atom. The molecule has 0 aliphatic heterocycles. The lowest BCUT2D eigenvalue weighted by Crippen LogP contribution is -2.14. The number of aromatic nitrogens is 2. The molecular formula is C10H12N2O2. The first kappa shape index (κ1) is 9.02. The molecule has 4 heteroatoms. The third kappa shape index (κ3) is 1.70. The van der Waals surface area contributed by atoms with Crippen molar-refractivity contribution < 1.29 is 9.47 Å². The third-order valence-corrected chi connectivity index (χ3v) is 2.00. The van der Waals surface area contributed by atoms with E-state index in [0.29, 0.717) is 5.88 Å². The molecule has 2 aromatic heterocycles.